The summed E-state index contributed by atoms with van der Waals surface area (Å²) in [5, 5.41) is 0.724. The molecule has 2 aromatic carbocycles. The lowest BCUT2D eigenvalue weighted by molar-refractivity contribution is -0.120. The summed E-state index contributed by atoms with van der Waals surface area (Å²) < 4.78 is 0. The summed E-state index contributed by atoms with van der Waals surface area (Å²) in [5.41, 5.74) is 9.88. The Labute approximate surface area is 146 Å². The van der Waals surface area contributed by atoms with Crippen LogP contribution in [0.25, 0.3) is 0 Å². The van der Waals surface area contributed by atoms with E-state index in [9.17, 15) is 4.79 Å². The maximum Gasteiger partial charge on any atom is 0.245 e. The van der Waals surface area contributed by atoms with Gasteiger partial charge in [0.05, 0.1) is 0 Å². The molecular formula is C19H20ClN3O. The number of nitrogens with one attached hydrogen (secondary N) is 2. The fraction of sp³-hybridized carbons (Fsp3) is 0.316. The molecule has 2 aliphatic heterocycles. The molecule has 5 heteroatoms. The smallest absolute Gasteiger partial charge is 0.245 e. The van der Waals surface area contributed by atoms with E-state index in [1.807, 2.05) is 47.4 Å². The van der Waals surface area contributed by atoms with Gasteiger partial charge >= 0.3 is 0 Å². The number of aryl methyl sites for hydroxylation is 1. The third-order valence-electron chi connectivity index (χ3n) is 4.85. The van der Waals surface area contributed by atoms with Crippen molar-refractivity contribution < 1.29 is 4.79 Å². The molecular weight excluding hydrogens is 322 g/mol. The van der Waals surface area contributed by atoms with Crippen LogP contribution in [0.15, 0.2) is 48.5 Å². The first-order valence-electron chi connectivity index (χ1n) is 8.38. The van der Waals surface area contributed by atoms with Crippen LogP contribution in [-0.4, -0.2) is 18.5 Å². The van der Waals surface area contributed by atoms with Gasteiger partial charge in [-0.3, -0.25) is 4.79 Å². The molecule has 4 rings (SSSR count). The van der Waals surface area contributed by atoms with Crippen molar-refractivity contribution >= 4 is 23.2 Å². The number of hydrazine groups is 1. The van der Waals surface area contributed by atoms with Gasteiger partial charge in [0.2, 0.25) is 5.91 Å². The molecule has 2 N–H and O–H groups in total. The van der Waals surface area contributed by atoms with Crippen molar-refractivity contribution in [1.82, 2.24) is 10.9 Å². The second kappa shape index (κ2) is 6.55. The number of carbonyl (C=O) groups excluding carboxylic acids is 1. The average Bonchev–Trinajstić information content (AvgIpc) is 3.11. The van der Waals surface area contributed by atoms with Crippen molar-refractivity contribution in [1.29, 1.82) is 0 Å². The SMILES string of the molecule is O=C(C1CC(c2ccc(Cl)cc2)NN1)N1CCCc2ccccc21. The predicted octanol–water partition coefficient (Wildman–Crippen LogP) is 3.23. The molecule has 2 aromatic rings. The molecule has 0 spiro atoms. The number of rotatable bonds is 2. The molecule has 1 fully saturated rings. The van der Waals surface area contributed by atoms with Gasteiger partial charge in [0.1, 0.15) is 6.04 Å². The minimum Gasteiger partial charge on any atom is -0.311 e. The standard InChI is InChI=1S/C19H20ClN3O/c20-15-9-7-13(8-10-15)16-12-17(22-21-16)19(24)23-11-3-5-14-4-1-2-6-18(14)23/h1-2,4,6-10,16-17,21-22H,3,5,11-12H2. The van der Waals surface area contributed by atoms with Crippen LogP contribution in [-0.2, 0) is 11.2 Å². The highest BCUT2D eigenvalue weighted by Crippen LogP contribution is 2.30. The zero-order valence-corrected chi connectivity index (χ0v) is 14.1. The van der Waals surface area contributed by atoms with Crippen LogP contribution in [0, 0.1) is 0 Å². The second-order valence-electron chi connectivity index (χ2n) is 6.40. The van der Waals surface area contributed by atoms with Crippen LogP contribution in [0.3, 0.4) is 0 Å². The summed E-state index contributed by atoms with van der Waals surface area (Å²) in [6.45, 7) is 0.791. The molecule has 2 atom stereocenters. The largest absolute Gasteiger partial charge is 0.311 e. The van der Waals surface area contributed by atoms with Crippen molar-refractivity contribution in [2.75, 3.05) is 11.4 Å². The van der Waals surface area contributed by atoms with Crippen molar-refractivity contribution in [2.45, 2.75) is 31.3 Å². The topological polar surface area (TPSA) is 44.4 Å². The summed E-state index contributed by atoms with van der Waals surface area (Å²) >= 11 is 5.95. The van der Waals surface area contributed by atoms with E-state index in [2.05, 4.69) is 16.9 Å². The Morgan fingerprint density at radius 2 is 1.88 bits per heavy atom. The molecule has 0 bridgehead atoms. The molecule has 2 unspecified atom stereocenters. The monoisotopic (exact) mass is 341 g/mol. The van der Waals surface area contributed by atoms with Crippen LogP contribution >= 0.6 is 11.6 Å². The van der Waals surface area contributed by atoms with Crippen LogP contribution in [0.2, 0.25) is 5.02 Å². The van der Waals surface area contributed by atoms with Crippen molar-refractivity contribution in [3.63, 3.8) is 0 Å². The van der Waals surface area contributed by atoms with Gasteiger partial charge in [0.25, 0.3) is 0 Å². The highest BCUT2D eigenvalue weighted by Gasteiger charge is 2.34. The Kier molecular flexibility index (Phi) is 4.27. The minimum absolute atomic E-state index is 0.122. The van der Waals surface area contributed by atoms with E-state index in [0.717, 1.165) is 42.1 Å². The zero-order chi connectivity index (χ0) is 16.5. The van der Waals surface area contributed by atoms with Gasteiger partial charge < -0.3 is 4.90 Å². The Morgan fingerprint density at radius 3 is 2.71 bits per heavy atom. The molecule has 0 aromatic heterocycles. The van der Waals surface area contributed by atoms with E-state index in [4.69, 9.17) is 11.6 Å². The predicted molar refractivity (Wildman–Crippen MR) is 96.0 cm³/mol. The molecule has 0 saturated carbocycles. The molecule has 2 aliphatic rings. The lowest BCUT2D eigenvalue weighted by Gasteiger charge is -2.31. The maximum absolute atomic E-state index is 13.0. The van der Waals surface area contributed by atoms with E-state index in [-0.39, 0.29) is 18.0 Å². The van der Waals surface area contributed by atoms with Crippen molar-refractivity contribution in [3.8, 4) is 0 Å². The van der Waals surface area contributed by atoms with Gasteiger partial charge in [-0.05, 0) is 48.6 Å². The van der Waals surface area contributed by atoms with Gasteiger partial charge in [0, 0.05) is 23.3 Å². The van der Waals surface area contributed by atoms with E-state index < -0.39 is 0 Å². The minimum atomic E-state index is -0.211. The summed E-state index contributed by atoms with van der Waals surface area (Å²) in [4.78, 5) is 14.9. The molecule has 0 radical (unpaired) electrons. The number of amides is 1. The van der Waals surface area contributed by atoms with Crippen LogP contribution < -0.4 is 15.8 Å². The lowest BCUT2D eigenvalue weighted by Crippen LogP contribution is -2.47. The number of para-hydroxylation sites is 1. The molecule has 24 heavy (non-hydrogen) atoms. The first-order valence-corrected chi connectivity index (χ1v) is 8.76. The number of carbonyl (C=O) groups is 1. The third kappa shape index (κ3) is 2.93. The zero-order valence-electron chi connectivity index (χ0n) is 13.3. The molecule has 4 nitrogen and oxygen atoms in total. The number of hydrogen-bond acceptors (Lipinski definition) is 3. The highest BCUT2D eigenvalue weighted by atomic mass is 35.5. The number of hydrogen-bond donors (Lipinski definition) is 2. The van der Waals surface area contributed by atoms with E-state index in [1.54, 1.807) is 0 Å². The van der Waals surface area contributed by atoms with Gasteiger partial charge in [-0.15, -0.1) is 0 Å². The number of halogens is 1. The van der Waals surface area contributed by atoms with Gasteiger partial charge in [-0.2, -0.15) is 0 Å². The Morgan fingerprint density at radius 1 is 1.08 bits per heavy atom. The van der Waals surface area contributed by atoms with E-state index in [1.165, 1.54) is 5.56 Å². The Bertz CT molecular complexity index is 747. The first kappa shape index (κ1) is 15.6. The molecule has 0 aliphatic carbocycles. The molecule has 124 valence electrons. The number of benzene rings is 2. The molecule has 1 amide bonds. The lowest BCUT2D eigenvalue weighted by atomic mass is 9.98. The number of fused-ring (bicyclic) bond motifs is 1. The summed E-state index contributed by atoms with van der Waals surface area (Å²) in [6.07, 6.45) is 2.80. The summed E-state index contributed by atoms with van der Waals surface area (Å²) in [5.74, 6) is 0.145. The molecule has 1 saturated heterocycles. The van der Waals surface area contributed by atoms with Crippen molar-refractivity contribution in [2.24, 2.45) is 0 Å². The van der Waals surface area contributed by atoms with E-state index >= 15 is 0 Å². The van der Waals surface area contributed by atoms with Crippen molar-refractivity contribution in [3.05, 3.63) is 64.7 Å². The van der Waals surface area contributed by atoms with Gasteiger partial charge in [-0.1, -0.05) is 41.9 Å². The normalized spacial score (nSPS) is 23.1. The summed E-state index contributed by atoms with van der Waals surface area (Å²) in [6, 6.07) is 15.9. The fourth-order valence-electron chi connectivity index (χ4n) is 3.58. The van der Waals surface area contributed by atoms with Crippen LogP contribution in [0.5, 0.6) is 0 Å². The average molecular weight is 342 g/mol. The Balaban J connectivity index is 1.49. The quantitative estimate of drug-likeness (QED) is 0.881. The highest BCUT2D eigenvalue weighted by molar-refractivity contribution is 6.30. The maximum atomic E-state index is 13.0. The summed E-state index contributed by atoms with van der Waals surface area (Å²) in [7, 11) is 0. The first-order chi connectivity index (χ1) is 11.7. The number of nitrogens with zero attached hydrogens (tertiary/aromatic N) is 1. The Hall–Kier alpha value is -1.88. The van der Waals surface area contributed by atoms with Gasteiger partial charge in [0.15, 0.2) is 0 Å². The fourth-order valence-corrected chi connectivity index (χ4v) is 3.71. The van der Waals surface area contributed by atoms with Crippen LogP contribution in [0.4, 0.5) is 5.69 Å². The number of anilines is 1. The van der Waals surface area contributed by atoms with E-state index in [0.29, 0.717) is 0 Å². The van der Waals surface area contributed by atoms with Gasteiger partial charge in [-0.25, -0.2) is 10.9 Å². The third-order valence-corrected chi connectivity index (χ3v) is 5.10. The van der Waals surface area contributed by atoms with Crippen LogP contribution in [0.1, 0.15) is 30.0 Å². The second-order valence-corrected chi connectivity index (χ2v) is 6.84. The molecule has 2 heterocycles.